The summed E-state index contributed by atoms with van der Waals surface area (Å²) in [5.41, 5.74) is 2.06. The number of hydrogen-bond acceptors (Lipinski definition) is 4. The van der Waals surface area contributed by atoms with Gasteiger partial charge in [0.15, 0.2) is 0 Å². The molecule has 2 N–H and O–H groups in total. The fourth-order valence-electron chi connectivity index (χ4n) is 2.29. The number of unbranched alkanes of at least 4 members (excludes halogenated alkanes) is 1. The van der Waals surface area contributed by atoms with Gasteiger partial charge in [-0.25, -0.2) is 21.6 Å². The van der Waals surface area contributed by atoms with Crippen molar-refractivity contribution in [3.8, 4) is 0 Å². The number of nitrogens with one attached hydrogen (secondary N) is 2. The highest BCUT2D eigenvalue weighted by atomic mass is 32.2. The summed E-state index contributed by atoms with van der Waals surface area (Å²) in [5, 5.41) is 0. The molecule has 0 saturated heterocycles. The van der Waals surface area contributed by atoms with Crippen LogP contribution in [0, 0.1) is 13.8 Å². The van der Waals surface area contributed by atoms with E-state index in [4.69, 9.17) is 0 Å². The molecule has 0 spiro atoms. The highest BCUT2D eigenvalue weighted by Crippen LogP contribution is 2.21. The van der Waals surface area contributed by atoms with Gasteiger partial charge in [-0.3, -0.25) is 4.72 Å². The molecule has 142 valence electrons. The zero-order chi connectivity index (χ0) is 19.4. The minimum atomic E-state index is -3.80. The monoisotopic (exact) mass is 396 g/mol. The Labute approximate surface area is 155 Å². The topological polar surface area (TPSA) is 92.3 Å². The van der Waals surface area contributed by atoms with Gasteiger partial charge in [0, 0.05) is 6.54 Å². The Balaban J connectivity index is 2.26. The number of anilines is 1. The molecule has 2 aromatic carbocycles. The SMILES string of the molecule is CCCCNS(=O)(=O)c1cccc(NS(=O)(=O)c2ccc(C)c(C)c2)c1. The summed E-state index contributed by atoms with van der Waals surface area (Å²) >= 11 is 0. The third-order valence-electron chi connectivity index (χ3n) is 4.01. The molecule has 0 aliphatic heterocycles. The maximum absolute atomic E-state index is 12.6. The predicted octanol–water partition coefficient (Wildman–Crippen LogP) is 3.18. The van der Waals surface area contributed by atoms with E-state index < -0.39 is 20.0 Å². The minimum absolute atomic E-state index is 0.0221. The molecule has 0 bridgehead atoms. The fourth-order valence-corrected chi connectivity index (χ4v) is 4.54. The van der Waals surface area contributed by atoms with E-state index in [2.05, 4.69) is 9.44 Å². The van der Waals surface area contributed by atoms with Gasteiger partial charge in [-0.1, -0.05) is 25.5 Å². The summed E-state index contributed by atoms with van der Waals surface area (Å²) in [4.78, 5) is 0.156. The molecule has 0 amide bonds. The second kappa shape index (κ2) is 8.20. The highest BCUT2D eigenvalue weighted by molar-refractivity contribution is 7.92. The van der Waals surface area contributed by atoms with Crippen molar-refractivity contribution in [3.05, 3.63) is 53.6 Å². The Bertz CT molecular complexity index is 984. The first-order valence-electron chi connectivity index (χ1n) is 8.35. The number of hydrogen-bond donors (Lipinski definition) is 2. The number of benzene rings is 2. The van der Waals surface area contributed by atoms with E-state index in [0.717, 1.165) is 24.0 Å². The molecule has 0 radical (unpaired) electrons. The van der Waals surface area contributed by atoms with Crippen LogP contribution in [0.2, 0.25) is 0 Å². The van der Waals surface area contributed by atoms with Crippen molar-refractivity contribution in [1.29, 1.82) is 0 Å². The van der Waals surface area contributed by atoms with Gasteiger partial charge in [0.05, 0.1) is 15.5 Å². The molecule has 0 aliphatic rings. The van der Waals surface area contributed by atoms with Gasteiger partial charge in [-0.15, -0.1) is 0 Å². The van der Waals surface area contributed by atoms with Gasteiger partial charge >= 0.3 is 0 Å². The molecule has 6 nitrogen and oxygen atoms in total. The van der Waals surface area contributed by atoms with Crippen molar-refractivity contribution >= 4 is 25.7 Å². The molecule has 0 fully saturated rings. The van der Waals surface area contributed by atoms with Gasteiger partial charge in [0.1, 0.15) is 0 Å². The van der Waals surface area contributed by atoms with Crippen LogP contribution in [-0.4, -0.2) is 23.4 Å². The predicted molar refractivity (Wildman–Crippen MR) is 103 cm³/mol. The van der Waals surface area contributed by atoms with E-state index in [0.29, 0.717) is 6.54 Å². The summed E-state index contributed by atoms with van der Waals surface area (Å²) in [5.74, 6) is 0. The lowest BCUT2D eigenvalue weighted by molar-refractivity contribution is 0.578. The molecule has 0 saturated carbocycles. The van der Waals surface area contributed by atoms with E-state index in [1.807, 2.05) is 20.8 Å². The maximum atomic E-state index is 12.6. The molecule has 0 unspecified atom stereocenters. The first-order valence-corrected chi connectivity index (χ1v) is 11.3. The van der Waals surface area contributed by atoms with E-state index >= 15 is 0 Å². The van der Waals surface area contributed by atoms with E-state index in [1.165, 1.54) is 30.3 Å². The lowest BCUT2D eigenvalue weighted by atomic mass is 10.1. The molecule has 2 rings (SSSR count). The smallest absolute Gasteiger partial charge is 0.261 e. The number of rotatable bonds is 8. The second-order valence-corrected chi connectivity index (χ2v) is 9.58. The zero-order valence-electron chi connectivity index (χ0n) is 15.1. The molecule has 0 atom stereocenters. The van der Waals surface area contributed by atoms with E-state index in [9.17, 15) is 16.8 Å². The average Bonchev–Trinajstić information content (AvgIpc) is 2.57. The van der Waals surface area contributed by atoms with Gasteiger partial charge in [0.2, 0.25) is 10.0 Å². The Morgan fingerprint density at radius 1 is 0.846 bits per heavy atom. The van der Waals surface area contributed by atoms with Crippen LogP contribution in [0.25, 0.3) is 0 Å². The molecule has 0 heterocycles. The summed E-state index contributed by atoms with van der Waals surface area (Å²) in [6.45, 7) is 6.05. The quantitative estimate of drug-likeness (QED) is 0.670. The third-order valence-corrected chi connectivity index (χ3v) is 6.85. The normalized spacial score (nSPS) is 12.1. The average molecular weight is 397 g/mol. The van der Waals surface area contributed by atoms with Crippen LogP contribution in [0.4, 0.5) is 5.69 Å². The molecule has 26 heavy (non-hydrogen) atoms. The zero-order valence-corrected chi connectivity index (χ0v) is 16.7. The van der Waals surface area contributed by atoms with Gasteiger partial charge in [0.25, 0.3) is 10.0 Å². The molecule has 8 heteroatoms. The van der Waals surface area contributed by atoms with Crippen LogP contribution < -0.4 is 9.44 Å². The van der Waals surface area contributed by atoms with Gasteiger partial charge in [-0.2, -0.15) is 0 Å². The van der Waals surface area contributed by atoms with Crippen LogP contribution in [0.1, 0.15) is 30.9 Å². The minimum Gasteiger partial charge on any atom is -0.280 e. The van der Waals surface area contributed by atoms with Crippen molar-refractivity contribution in [3.63, 3.8) is 0 Å². The molecular weight excluding hydrogens is 372 g/mol. The first kappa shape index (κ1) is 20.4. The maximum Gasteiger partial charge on any atom is 0.261 e. The van der Waals surface area contributed by atoms with Crippen molar-refractivity contribution in [2.45, 2.75) is 43.4 Å². The van der Waals surface area contributed by atoms with Crippen molar-refractivity contribution in [2.75, 3.05) is 11.3 Å². The molecule has 0 aliphatic carbocycles. The summed E-state index contributed by atoms with van der Waals surface area (Å²) in [6, 6.07) is 10.6. The van der Waals surface area contributed by atoms with E-state index in [1.54, 1.807) is 12.1 Å². The summed E-state index contributed by atoms with van der Waals surface area (Å²) < 4.78 is 54.6. The largest absolute Gasteiger partial charge is 0.280 e. The Hall–Kier alpha value is -1.90. The highest BCUT2D eigenvalue weighted by Gasteiger charge is 2.18. The Morgan fingerprint density at radius 3 is 2.19 bits per heavy atom. The third kappa shape index (κ3) is 5.06. The second-order valence-electron chi connectivity index (χ2n) is 6.13. The first-order chi connectivity index (χ1) is 12.2. The molecular formula is C18H24N2O4S2. The van der Waals surface area contributed by atoms with Crippen molar-refractivity contribution in [1.82, 2.24) is 4.72 Å². The standard InChI is InChI=1S/C18H24N2O4S2/c1-4-5-11-19-25(21,22)17-8-6-7-16(13-17)20-26(23,24)18-10-9-14(2)15(3)12-18/h6-10,12-13,19-20H,4-5,11H2,1-3H3. The van der Waals surface area contributed by atoms with E-state index in [-0.39, 0.29) is 15.5 Å². The van der Waals surface area contributed by atoms with Gasteiger partial charge < -0.3 is 0 Å². The van der Waals surface area contributed by atoms with Crippen molar-refractivity contribution < 1.29 is 16.8 Å². The fraction of sp³-hybridized carbons (Fsp3) is 0.333. The van der Waals surface area contributed by atoms with Crippen molar-refractivity contribution in [2.24, 2.45) is 0 Å². The van der Waals surface area contributed by atoms with Crippen LogP contribution in [0.15, 0.2) is 52.3 Å². The summed E-state index contributed by atoms with van der Waals surface area (Å²) in [7, 11) is -7.47. The van der Waals surface area contributed by atoms with Crippen LogP contribution >= 0.6 is 0 Å². The Morgan fingerprint density at radius 2 is 1.54 bits per heavy atom. The van der Waals surface area contributed by atoms with Crippen LogP contribution in [0.3, 0.4) is 0 Å². The number of sulfonamides is 2. The lowest BCUT2D eigenvalue weighted by Gasteiger charge is -2.11. The molecule has 0 aromatic heterocycles. The Kier molecular flexibility index (Phi) is 6.44. The van der Waals surface area contributed by atoms with Gasteiger partial charge in [-0.05, 0) is 61.7 Å². The van der Waals surface area contributed by atoms with Crippen LogP contribution in [-0.2, 0) is 20.0 Å². The van der Waals surface area contributed by atoms with Crippen LogP contribution in [0.5, 0.6) is 0 Å². The molecule has 2 aromatic rings. The summed E-state index contributed by atoms with van der Waals surface area (Å²) in [6.07, 6.45) is 1.61. The lowest BCUT2D eigenvalue weighted by Crippen LogP contribution is -2.24. The number of aryl methyl sites for hydroxylation is 2.